The maximum Gasteiger partial charge on any atom is 0.271 e. The first-order valence-electron chi connectivity index (χ1n) is 11.2. The van der Waals surface area contributed by atoms with Gasteiger partial charge in [-0.1, -0.05) is 50.2 Å². The van der Waals surface area contributed by atoms with Crippen LogP contribution in [0.15, 0.2) is 82.8 Å². The van der Waals surface area contributed by atoms with Crippen LogP contribution in [-0.2, 0) is 16.6 Å². The molecular weight excluding hydrogens is 466 g/mol. The number of sulfonamides is 1. The predicted molar refractivity (Wildman–Crippen MR) is 135 cm³/mol. The zero-order valence-corrected chi connectivity index (χ0v) is 20.8. The minimum absolute atomic E-state index is 0.0631. The highest BCUT2D eigenvalue weighted by atomic mass is 32.2. The molecule has 0 aliphatic carbocycles. The van der Waals surface area contributed by atoms with Gasteiger partial charge in [-0.05, 0) is 47.5 Å². The number of hydrazone groups is 1. The van der Waals surface area contributed by atoms with E-state index in [2.05, 4.69) is 10.5 Å². The van der Waals surface area contributed by atoms with Crippen LogP contribution in [0.1, 0.15) is 35.3 Å². The van der Waals surface area contributed by atoms with Crippen LogP contribution in [0.3, 0.4) is 0 Å². The number of amides is 1. The minimum Gasteiger partial charge on any atom is -0.493 e. The Hall–Kier alpha value is -3.69. The molecule has 0 fully saturated rings. The van der Waals surface area contributed by atoms with Crippen molar-refractivity contribution < 1.29 is 22.7 Å². The van der Waals surface area contributed by atoms with Crippen LogP contribution in [0.5, 0.6) is 11.5 Å². The molecule has 184 valence electrons. The molecule has 0 saturated heterocycles. The molecule has 0 atom stereocenters. The number of nitrogens with one attached hydrogen (secondary N) is 1. The summed E-state index contributed by atoms with van der Waals surface area (Å²) in [7, 11) is -2.11. The fourth-order valence-electron chi connectivity index (χ4n) is 3.36. The van der Waals surface area contributed by atoms with Crippen LogP contribution in [0.4, 0.5) is 0 Å². The van der Waals surface area contributed by atoms with Crippen molar-refractivity contribution in [2.75, 3.05) is 20.2 Å². The normalized spacial score (nSPS) is 11.5. The maximum atomic E-state index is 12.7. The van der Waals surface area contributed by atoms with E-state index in [1.54, 1.807) is 39.2 Å². The minimum atomic E-state index is -3.67. The summed E-state index contributed by atoms with van der Waals surface area (Å²) in [5.74, 6) is 0.598. The van der Waals surface area contributed by atoms with Crippen molar-refractivity contribution >= 4 is 22.1 Å². The van der Waals surface area contributed by atoms with E-state index >= 15 is 0 Å². The summed E-state index contributed by atoms with van der Waals surface area (Å²) in [6.45, 7) is 4.60. The number of carbonyl (C=O) groups is 1. The zero-order chi connectivity index (χ0) is 25.3. The van der Waals surface area contributed by atoms with E-state index in [9.17, 15) is 13.2 Å². The van der Waals surface area contributed by atoms with E-state index in [1.165, 1.54) is 34.8 Å². The number of nitrogens with zero attached hydrogens (tertiary/aromatic N) is 2. The van der Waals surface area contributed by atoms with Crippen LogP contribution < -0.4 is 14.9 Å². The standard InChI is InChI=1S/C26H29N3O5S/c1-4-29(5-2)35(31,32)23-13-9-12-22(17-23)26(30)28-27-18-21-14-15-24(33-3)25(16-21)34-19-20-10-7-6-8-11-20/h6-18H,4-5,19H2,1-3H3,(H,28,30)/b27-18+. The number of methoxy groups -OCH3 is 1. The second kappa shape index (κ2) is 12.1. The molecule has 9 heteroatoms. The van der Waals surface area contributed by atoms with Crippen molar-refractivity contribution in [3.8, 4) is 11.5 Å². The van der Waals surface area contributed by atoms with Crippen LogP contribution in [0.2, 0.25) is 0 Å². The van der Waals surface area contributed by atoms with Gasteiger partial charge in [0, 0.05) is 18.7 Å². The van der Waals surface area contributed by atoms with E-state index in [1.807, 2.05) is 30.3 Å². The number of carbonyl (C=O) groups excluding carboxylic acids is 1. The lowest BCUT2D eigenvalue weighted by Gasteiger charge is -2.18. The Bertz CT molecular complexity index is 1270. The lowest BCUT2D eigenvalue weighted by Crippen LogP contribution is -2.30. The van der Waals surface area contributed by atoms with Gasteiger partial charge in [0.25, 0.3) is 5.91 Å². The predicted octanol–water partition coefficient (Wildman–Crippen LogP) is 4.07. The number of rotatable bonds is 11. The van der Waals surface area contributed by atoms with Gasteiger partial charge >= 0.3 is 0 Å². The molecule has 0 bridgehead atoms. The molecule has 0 aliphatic heterocycles. The van der Waals surface area contributed by atoms with Gasteiger partial charge in [-0.3, -0.25) is 4.79 Å². The van der Waals surface area contributed by atoms with Gasteiger partial charge in [-0.15, -0.1) is 0 Å². The molecule has 3 aromatic rings. The van der Waals surface area contributed by atoms with Crippen LogP contribution in [-0.4, -0.2) is 45.0 Å². The van der Waals surface area contributed by atoms with E-state index in [4.69, 9.17) is 9.47 Å². The Labute approximate surface area is 206 Å². The first kappa shape index (κ1) is 25.9. The Morgan fingerprint density at radius 1 is 0.971 bits per heavy atom. The third kappa shape index (κ3) is 6.68. The van der Waals surface area contributed by atoms with Crippen molar-refractivity contribution in [2.24, 2.45) is 5.10 Å². The summed E-state index contributed by atoms with van der Waals surface area (Å²) in [5.41, 5.74) is 4.34. The second-order valence-electron chi connectivity index (χ2n) is 7.50. The highest BCUT2D eigenvalue weighted by molar-refractivity contribution is 7.89. The summed E-state index contributed by atoms with van der Waals surface area (Å²) < 4.78 is 38.1. The highest BCUT2D eigenvalue weighted by Gasteiger charge is 2.22. The average molecular weight is 496 g/mol. The molecule has 0 spiro atoms. The molecule has 35 heavy (non-hydrogen) atoms. The molecule has 1 N–H and O–H groups in total. The molecule has 0 unspecified atom stereocenters. The number of benzene rings is 3. The van der Waals surface area contributed by atoms with Gasteiger partial charge in [-0.2, -0.15) is 9.41 Å². The van der Waals surface area contributed by atoms with Crippen LogP contribution in [0.25, 0.3) is 0 Å². The van der Waals surface area contributed by atoms with Gasteiger partial charge in [0.1, 0.15) is 6.61 Å². The molecule has 8 nitrogen and oxygen atoms in total. The summed E-state index contributed by atoms with van der Waals surface area (Å²) >= 11 is 0. The first-order chi connectivity index (χ1) is 16.9. The number of ether oxygens (including phenoxy) is 2. The molecule has 0 aliphatic rings. The number of hydrogen-bond donors (Lipinski definition) is 1. The second-order valence-corrected chi connectivity index (χ2v) is 9.44. The monoisotopic (exact) mass is 495 g/mol. The molecule has 1 amide bonds. The summed E-state index contributed by atoms with van der Waals surface area (Å²) in [6, 6.07) is 20.9. The summed E-state index contributed by atoms with van der Waals surface area (Å²) in [5, 5.41) is 4.01. The largest absolute Gasteiger partial charge is 0.493 e. The van der Waals surface area contributed by atoms with Crippen LogP contribution >= 0.6 is 0 Å². The Kier molecular flexibility index (Phi) is 8.99. The molecule has 0 radical (unpaired) electrons. The lowest BCUT2D eigenvalue weighted by molar-refractivity contribution is 0.0955. The van der Waals surface area contributed by atoms with Crippen molar-refractivity contribution in [1.29, 1.82) is 0 Å². The summed E-state index contributed by atoms with van der Waals surface area (Å²) in [6.07, 6.45) is 1.48. The van der Waals surface area contributed by atoms with E-state index in [0.717, 1.165) is 5.56 Å². The Morgan fingerprint density at radius 3 is 2.40 bits per heavy atom. The van der Waals surface area contributed by atoms with Crippen LogP contribution in [0, 0.1) is 0 Å². The smallest absolute Gasteiger partial charge is 0.271 e. The van der Waals surface area contributed by atoms with E-state index in [0.29, 0.717) is 36.8 Å². The highest BCUT2D eigenvalue weighted by Crippen LogP contribution is 2.28. The third-order valence-electron chi connectivity index (χ3n) is 5.24. The van der Waals surface area contributed by atoms with Gasteiger partial charge in [0.15, 0.2) is 11.5 Å². The average Bonchev–Trinajstić information content (AvgIpc) is 2.88. The SMILES string of the molecule is CCN(CC)S(=O)(=O)c1cccc(C(=O)N/N=C/c2ccc(OC)c(OCc3ccccc3)c2)c1. The maximum absolute atomic E-state index is 12.7. The molecule has 0 saturated carbocycles. The van der Waals surface area contributed by atoms with Gasteiger partial charge in [-0.25, -0.2) is 13.8 Å². The van der Waals surface area contributed by atoms with Gasteiger partial charge in [0.05, 0.1) is 18.2 Å². The van der Waals surface area contributed by atoms with Gasteiger partial charge < -0.3 is 9.47 Å². The van der Waals surface area contributed by atoms with Gasteiger partial charge in [0.2, 0.25) is 10.0 Å². The first-order valence-corrected chi connectivity index (χ1v) is 12.6. The molecule has 3 aromatic carbocycles. The van der Waals surface area contributed by atoms with Crippen molar-refractivity contribution in [1.82, 2.24) is 9.73 Å². The van der Waals surface area contributed by atoms with E-state index in [-0.39, 0.29) is 10.5 Å². The zero-order valence-electron chi connectivity index (χ0n) is 20.0. The summed E-state index contributed by atoms with van der Waals surface area (Å²) in [4.78, 5) is 12.6. The van der Waals surface area contributed by atoms with E-state index < -0.39 is 15.9 Å². The number of hydrogen-bond acceptors (Lipinski definition) is 6. The topological polar surface area (TPSA) is 97.3 Å². The molecule has 0 aromatic heterocycles. The molecule has 3 rings (SSSR count). The Morgan fingerprint density at radius 2 is 1.71 bits per heavy atom. The fraction of sp³-hybridized carbons (Fsp3) is 0.231. The fourth-order valence-corrected chi connectivity index (χ4v) is 4.87. The quantitative estimate of drug-likeness (QED) is 0.320. The Balaban J connectivity index is 1.69. The van der Waals surface area contributed by atoms with Crippen molar-refractivity contribution in [2.45, 2.75) is 25.3 Å². The molecular formula is C26H29N3O5S. The third-order valence-corrected chi connectivity index (χ3v) is 7.29. The van der Waals surface area contributed by atoms with Crippen molar-refractivity contribution in [3.05, 3.63) is 89.5 Å². The lowest BCUT2D eigenvalue weighted by atomic mass is 10.2. The van der Waals surface area contributed by atoms with Crippen molar-refractivity contribution in [3.63, 3.8) is 0 Å². The molecule has 0 heterocycles.